The molecule has 0 fully saturated rings. The first kappa shape index (κ1) is 15.2. The Bertz CT molecular complexity index is 649. The average Bonchev–Trinajstić information content (AvgIpc) is 2.75. The minimum Gasteiger partial charge on any atom is -0.313 e. The van der Waals surface area contributed by atoms with Gasteiger partial charge in [-0.05, 0) is 32.9 Å². The highest BCUT2D eigenvalue weighted by Gasteiger charge is 2.14. The lowest BCUT2D eigenvalue weighted by Crippen LogP contribution is -2.15. The van der Waals surface area contributed by atoms with Crippen molar-refractivity contribution >= 4 is 5.69 Å². The zero-order valence-electron chi connectivity index (χ0n) is 12.6. The van der Waals surface area contributed by atoms with Crippen LogP contribution in [0.15, 0.2) is 24.3 Å². The van der Waals surface area contributed by atoms with E-state index in [0.29, 0.717) is 5.69 Å². The largest absolute Gasteiger partial charge is 0.313 e. The van der Waals surface area contributed by atoms with Crippen molar-refractivity contribution in [3.05, 3.63) is 51.3 Å². The van der Waals surface area contributed by atoms with Crippen molar-refractivity contribution in [2.75, 3.05) is 6.54 Å². The number of aromatic nitrogens is 2. The molecular weight excluding hydrogens is 268 g/mol. The Morgan fingerprint density at radius 2 is 2.14 bits per heavy atom. The Balaban J connectivity index is 2.34. The first-order chi connectivity index (χ1) is 10.0. The van der Waals surface area contributed by atoms with Crippen molar-refractivity contribution in [1.29, 1.82) is 0 Å². The summed E-state index contributed by atoms with van der Waals surface area (Å²) in [7, 11) is 0. The van der Waals surface area contributed by atoms with Gasteiger partial charge in [-0.2, -0.15) is 5.10 Å². The van der Waals surface area contributed by atoms with Crippen LogP contribution in [0.25, 0.3) is 5.69 Å². The number of rotatable bonds is 6. The van der Waals surface area contributed by atoms with Gasteiger partial charge in [-0.3, -0.25) is 10.1 Å². The molecule has 1 aromatic carbocycles. The van der Waals surface area contributed by atoms with Gasteiger partial charge < -0.3 is 5.32 Å². The van der Waals surface area contributed by atoms with E-state index in [1.807, 2.05) is 19.9 Å². The van der Waals surface area contributed by atoms with Crippen LogP contribution in [0.3, 0.4) is 0 Å². The molecule has 0 unspecified atom stereocenters. The summed E-state index contributed by atoms with van der Waals surface area (Å²) in [6.07, 6.45) is 1.08. The molecule has 2 rings (SSSR count). The normalized spacial score (nSPS) is 10.8. The molecule has 0 bridgehead atoms. The van der Waals surface area contributed by atoms with Gasteiger partial charge in [0.1, 0.15) is 0 Å². The molecule has 6 heteroatoms. The number of benzene rings is 1. The highest BCUT2D eigenvalue weighted by Crippen LogP contribution is 2.21. The van der Waals surface area contributed by atoms with Crippen LogP contribution in [0.2, 0.25) is 0 Å². The van der Waals surface area contributed by atoms with Gasteiger partial charge in [0.25, 0.3) is 5.69 Å². The lowest BCUT2D eigenvalue weighted by Gasteiger charge is -2.06. The highest BCUT2D eigenvalue weighted by atomic mass is 16.6. The molecule has 6 nitrogen and oxygen atoms in total. The lowest BCUT2D eigenvalue weighted by atomic mass is 10.2. The molecule has 2 aromatic rings. The fraction of sp³-hybridized carbons (Fsp3) is 0.400. The number of nitrogens with zero attached hydrogens (tertiary/aromatic N) is 3. The minimum absolute atomic E-state index is 0.0747. The number of non-ortho nitro benzene ring substituents is 1. The number of hydrogen-bond acceptors (Lipinski definition) is 4. The topological polar surface area (TPSA) is 73.0 Å². The summed E-state index contributed by atoms with van der Waals surface area (Å²) in [5, 5.41) is 18.8. The van der Waals surface area contributed by atoms with Crippen molar-refractivity contribution in [2.45, 2.75) is 33.7 Å². The van der Waals surface area contributed by atoms with Gasteiger partial charge in [-0.15, -0.1) is 0 Å². The number of hydrogen-bond donors (Lipinski definition) is 1. The monoisotopic (exact) mass is 288 g/mol. The molecule has 1 N–H and O–H groups in total. The standard InChI is InChI=1S/C15H20N4O2/c1-4-8-16-10-15-11(2)17-18(12(15)3)13-6-5-7-14(9-13)19(20)21/h5-7,9,16H,4,8,10H2,1-3H3. The number of aryl methyl sites for hydroxylation is 1. The molecule has 0 spiro atoms. The molecule has 0 aliphatic rings. The summed E-state index contributed by atoms with van der Waals surface area (Å²) in [6.45, 7) is 7.80. The van der Waals surface area contributed by atoms with Crippen molar-refractivity contribution in [2.24, 2.45) is 0 Å². The zero-order chi connectivity index (χ0) is 15.4. The molecule has 112 valence electrons. The first-order valence-corrected chi connectivity index (χ1v) is 7.05. The van der Waals surface area contributed by atoms with Crippen LogP contribution in [0.4, 0.5) is 5.69 Å². The van der Waals surface area contributed by atoms with E-state index in [4.69, 9.17) is 0 Å². The van der Waals surface area contributed by atoms with Gasteiger partial charge in [0, 0.05) is 29.9 Å². The third-order valence-electron chi connectivity index (χ3n) is 3.45. The summed E-state index contributed by atoms with van der Waals surface area (Å²) < 4.78 is 1.77. The molecule has 21 heavy (non-hydrogen) atoms. The number of nitrogens with one attached hydrogen (secondary N) is 1. The quantitative estimate of drug-likeness (QED) is 0.504. The van der Waals surface area contributed by atoms with E-state index < -0.39 is 0 Å². The van der Waals surface area contributed by atoms with Crippen LogP contribution in [0.1, 0.15) is 30.3 Å². The Labute approximate surface area is 123 Å². The van der Waals surface area contributed by atoms with E-state index in [2.05, 4.69) is 17.3 Å². The van der Waals surface area contributed by atoms with Crippen molar-refractivity contribution in [3.8, 4) is 5.69 Å². The first-order valence-electron chi connectivity index (χ1n) is 7.05. The minimum atomic E-state index is -0.390. The average molecular weight is 288 g/mol. The SMILES string of the molecule is CCCNCc1c(C)nn(-c2cccc([N+](=O)[O-])c2)c1C. The molecule has 0 atom stereocenters. The Morgan fingerprint density at radius 1 is 1.38 bits per heavy atom. The predicted octanol–water partition coefficient (Wildman–Crippen LogP) is 2.90. The van der Waals surface area contributed by atoms with Crippen LogP contribution in [0.5, 0.6) is 0 Å². The number of nitro groups is 1. The summed E-state index contributed by atoms with van der Waals surface area (Å²) in [6, 6.07) is 6.54. The molecule has 1 heterocycles. The van der Waals surface area contributed by atoms with E-state index in [9.17, 15) is 10.1 Å². The van der Waals surface area contributed by atoms with Crippen LogP contribution in [-0.4, -0.2) is 21.2 Å². The third-order valence-corrected chi connectivity index (χ3v) is 3.45. The Morgan fingerprint density at radius 3 is 2.81 bits per heavy atom. The van der Waals surface area contributed by atoms with Crippen LogP contribution in [-0.2, 0) is 6.54 Å². The Hall–Kier alpha value is -2.21. The summed E-state index contributed by atoms with van der Waals surface area (Å²) >= 11 is 0. The fourth-order valence-electron chi connectivity index (χ4n) is 2.31. The smallest absolute Gasteiger partial charge is 0.271 e. The van der Waals surface area contributed by atoms with Gasteiger partial charge in [0.05, 0.1) is 16.3 Å². The summed E-state index contributed by atoms with van der Waals surface area (Å²) in [5.74, 6) is 0. The molecule has 0 saturated heterocycles. The fourth-order valence-corrected chi connectivity index (χ4v) is 2.31. The van der Waals surface area contributed by atoms with Gasteiger partial charge in [-0.1, -0.05) is 13.0 Å². The van der Waals surface area contributed by atoms with Gasteiger partial charge in [0.2, 0.25) is 0 Å². The molecule has 0 saturated carbocycles. The summed E-state index contributed by atoms with van der Waals surface area (Å²) in [4.78, 5) is 10.5. The predicted molar refractivity (Wildman–Crippen MR) is 81.7 cm³/mol. The zero-order valence-corrected chi connectivity index (χ0v) is 12.6. The van der Waals surface area contributed by atoms with Crippen molar-refractivity contribution in [3.63, 3.8) is 0 Å². The second kappa shape index (κ2) is 6.49. The lowest BCUT2D eigenvalue weighted by molar-refractivity contribution is -0.384. The van der Waals surface area contributed by atoms with E-state index in [1.165, 1.54) is 6.07 Å². The maximum atomic E-state index is 10.9. The molecule has 1 aromatic heterocycles. The van der Waals surface area contributed by atoms with Crippen LogP contribution < -0.4 is 5.32 Å². The van der Waals surface area contributed by atoms with E-state index in [1.54, 1.807) is 16.8 Å². The third kappa shape index (κ3) is 3.28. The molecular formula is C15H20N4O2. The summed E-state index contributed by atoms with van der Waals surface area (Å²) in [5.41, 5.74) is 3.89. The van der Waals surface area contributed by atoms with Crippen LogP contribution >= 0.6 is 0 Å². The molecule has 0 aliphatic carbocycles. The second-order valence-electron chi connectivity index (χ2n) is 5.01. The molecule has 0 aliphatic heterocycles. The molecule has 0 radical (unpaired) electrons. The number of nitro benzene ring substituents is 1. The molecule has 0 amide bonds. The Kier molecular flexibility index (Phi) is 4.70. The van der Waals surface area contributed by atoms with Gasteiger partial charge in [0.15, 0.2) is 0 Å². The second-order valence-corrected chi connectivity index (χ2v) is 5.01. The highest BCUT2D eigenvalue weighted by molar-refractivity contribution is 5.44. The van der Waals surface area contributed by atoms with E-state index in [-0.39, 0.29) is 10.6 Å². The maximum absolute atomic E-state index is 10.9. The van der Waals surface area contributed by atoms with E-state index in [0.717, 1.165) is 36.5 Å². The maximum Gasteiger partial charge on any atom is 0.271 e. The van der Waals surface area contributed by atoms with E-state index >= 15 is 0 Å². The van der Waals surface area contributed by atoms with Crippen molar-refractivity contribution in [1.82, 2.24) is 15.1 Å². The van der Waals surface area contributed by atoms with Gasteiger partial charge in [-0.25, -0.2) is 4.68 Å². The van der Waals surface area contributed by atoms with Crippen LogP contribution in [0, 0.1) is 24.0 Å². The van der Waals surface area contributed by atoms with Gasteiger partial charge >= 0.3 is 0 Å². The van der Waals surface area contributed by atoms with Crippen molar-refractivity contribution < 1.29 is 4.92 Å².